The van der Waals surface area contributed by atoms with Gasteiger partial charge in [-0.1, -0.05) is 17.7 Å². The van der Waals surface area contributed by atoms with Crippen molar-refractivity contribution >= 4 is 16.2 Å². The van der Waals surface area contributed by atoms with Crippen molar-refractivity contribution in [2.24, 2.45) is 12.1 Å². The van der Waals surface area contributed by atoms with E-state index in [4.69, 9.17) is 5.26 Å². The van der Waals surface area contributed by atoms with Crippen molar-refractivity contribution in [2.45, 2.75) is 18.7 Å². The fourth-order valence-electron chi connectivity index (χ4n) is 2.12. The zero-order valence-corrected chi connectivity index (χ0v) is 14.6. The van der Waals surface area contributed by atoms with Crippen LogP contribution in [0.1, 0.15) is 22.3 Å². The highest BCUT2D eigenvalue weighted by Crippen LogP contribution is 2.18. The van der Waals surface area contributed by atoms with E-state index >= 15 is 0 Å². The van der Waals surface area contributed by atoms with Gasteiger partial charge in [-0.3, -0.25) is 9.36 Å². The number of benzene rings is 1. The Balaban J connectivity index is 2.38. The van der Waals surface area contributed by atoms with Gasteiger partial charge in [0.25, 0.3) is 15.6 Å². The van der Waals surface area contributed by atoms with Crippen LogP contribution in [0.3, 0.4) is 0 Å². The van der Waals surface area contributed by atoms with E-state index in [0.29, 0.717) is 0 Å². The Labute approximate surface area is 144 Å². The van der Waals surface area contributed by atoms with Crippen LogP contribution in [-0.4, -0.2) is 24.3 Å². The number of aryl methyl sites for hydroxylation is 1. The van der Waals surface area contributed by atoms with Crippen LogP contribution in [-0.2, 0) is 17.1 Å². The van der Waals surface area contributed by atoms with E-state index in [-0.39, 0.29) is 21.6 Å². The van der Waals surface area contributed by atoms with Crippen molar-refractivity contribution in [3.8, 4) is 11.9 Å². The van der Waals surface area contributed by atoms with Gasteiger partial charge in [0, 0.05) is 7.05 Å². The summed E-state index contributed by atoms with van der Waals surface area (Å²) < 4.78 is 25.2. The minimum atomic E-state index is -3.87. The predicted octanol–water partition coefficient (Wildman–Crippen LogP) is 0.892. The summed E-state index contributed by atoms with van der Waals surface area (Å²) in [6, 6.07) is 7.95. The van der Waals surface area contributed by atoms with E-state index in [9.17, 15) is 18.3 Å². The lowest BCUT2D eigenvalue weighted by Crippen LogP contribution is -2.23. The van der Waals surface area contributed by atoms with E-state index in [1.807, 2.05) is 11.8 Å². The lowest BCUT2D eigenvalue weighted by Gasteiger charge is -2.10. The maximum Gasteiger partial charge on any atom is 0.276 e. The van der Waals surface area contributed by atoms with Gasteiger partial charge in [0.2, 0.25) is 5.88 Å². The number of pyridine rings is 1. The molecule has 2 aromatic rings. The highest BCUT2D eigenvalue weighted by Gasteiger charge is 2.16. The molecule has 0 aliphatic rings. The van der Waals surface area contributed by atoms with Gasteiger partial charge in [0.1, 0.15) is 11.6 Å². The van der Waals surface area contributed by atoms with Crippen LogP contribution in [0.4, 0.5) is 0 Å². The number of nitrogens with zero attached hydrogens (tertiary/aromatic N) is 3. The minimum absolute atomic E-state index is 0.0365. The zero-order chi connectivity index (χ0) is 18.8. The molecular formula is C16H16N4O4S. The number of hydrogen-bond acceptors (Lipinski definition) is 6. The third kappa shape index (κ3) is 3.54. The minimum Gasteiger partial charge on any atom is -0.494 e. The maximum atomic E-state index is 12.2. The summed E-state index contributed by atoms with van der Waals surface area (Å²) >= 11 is 0. The van der Waals surface area contributed by atoms with Gasteiger partial charge >= 0.3 is 0 Å². The topological polar surface area (TPSA) is 125 Å². The van der Waals surface area contributed by atoms with Crippen LogP contribution < -0.4 is 10.4 Å². The molecule has 1 aromatic carbocycles. The number of nitriles is 1. The Bertz CT molecular complexity index is 1050. The number of aromatic hydroxyl groups is 1. The number of hydrazone groups is 1. The molecule has 0 atom stereocenters. The fourth-order valence-corrected chi connectivity index (χ4v) is 2.92. The van der Waals surface area contributed by atoms with Crippen LogP contribution in [0.5, 0.6) is 5.88 Å². The fraction of sp³-hybridized carbons (Fsp3) is 0.188. The molecule has 130 valence electrons. The van der Waals surface area contributed by atoms with Gasteiger partial charge in [-0.15, -0.1) is 0 Å². The van der Waals surface area contributed by atoms with Gasteiger partial charge in [-0.2, -0.15) is 18.8 Å². The van der Waals surface area contributed by atoms with E-state index in [0.717, 1.165) is 16.3 Å². The molecule has 9 heteroatoms. The smallest absolute Gasteiger partial charge is 0.276 e. The number of nitrogens with one attached hydrogen (secondary N) is 1. The third-order valence-corrected chi connectivity index (χ3v) is 4.90. The molecule has 0 saturated carbocycles. The molecule has 2 rings (SSSR count). The number of sulfonamides is 1. The first-order chi connectivity index (χ1) is 11.7. The molecule has 0 aliphatic heterocycles. The maximum absolute atomic E-state index is 12.2. The Morgan fingerprint density at radius 2 is 1.88 bits per heavy atom. The van der Waals surface area contributed by atoms with E-state index < -0.39 is 21.5 Å². The molecule has 0 fully saturated rings. The molecule has 0 unspecified atom stereocenters. The molecule has 0 spiro atoms. The van der Waals surface area contributed by atoms with Gasteiger partial charge in [-0.25, -0.2) is 4.83 Å². The highest BCUT2D eigenvalue weighted by molar-refractivity contribution is 7.89. The Morgan fingerprint density at radius 1 is 1.28 bits per heavy atom. The molecule has 0 saturated heterocycles. The first-order valence-corrected chi connectivity index (χ1v) is 8.61. The average molecular weight is 360 g/mol. The average Bonchev–Trinajstić information content (AvgIpc) is 2.57. The molecular weight excluding hydrogens is 344 g/mol. The van der Waals surface area contributed by atoms with Gasteiger partial charge in [-0.05, 0) is 31.5 Å². The molecule has 0 aliphatic carbocycles. The normalized spacial score (nSPS) is 11.4. The Morgan fingerprint density at radius 3 is 2.44 bits per heavy atom. The van der Waals surface area contributed by atoms with Gasteiger partial charge < -0.3 is 5.11 Å². The van der Waals surface area contributed by atoms with Crippen LogP contribution in [0.25, 0.3) is 0 Å². The SMILES string of the molecule is Cc1ccc(S(=O)(=O)N/N=C/c2c(C)c(C#N)c(=O)n(C)c2O)cc1. The summed E-state index contributed by atoms with van der Waals surface area (Å²) in [4.78, 5) is 13.9. The van der Waals surface area contributed by atoms with Crippen molar-refractivity contribution in [3.05, 3.63) is 56.9 Å². The van der Waals surface area contributed by atoms with Crippen molar-refractivity contribution in [2.75, 3.05) is 0 Å². The van der Waals surface area contributed by atoms with E-state index in [1.54, 1.807) is 18.2 Å². The molecule has 8 nitrogen and oxygen atoms in total. The number of hydrogen-bond donors (Lipinski definition) is 2. The molecule has 2 N–H and O–H groups in total. The summed E-state index contributed by atoms with van der Waals surface area (Å²) in [5, 5.41) is 22.7. The summed E-state index contributed by atoms with van der Waals surface area (Å²) in [7, 11) is -2.57. The Hall–Kier alpha value is -3.12. The molecule has 1 aromatic heterocycles. The summed E-state index contributed by atoms with van der Waals surface area (Å²) in [5.41, 5.74) is 0.405. The second-order valence-electron chi connectivity index (χ2n) is 5.38. The lowest BCUT2D eigenvalue weighted by molar-refractivity contribution is 0.421. The van der Waals surface area contributed by atoms with Crippen molar-refractivity contribution in [1.29, 1.82) is 5.26 Å². The lowest BCUT2D eigenvalue weighted by atomic mass is 10.1. The van der Waals surface area contributed by atoms with E-state index in [1.165, 1.54) is 26.1 Å². The molecule has 0 bridgehead atoms. The Kier molecular flexibility index (Phi) is 4.94. The van der Waals surface area contributed by atoms with Crippen LogP contribution in [0.2, 0.25) is 0 Å². The van der Waals surface area contributed by atoms with Gasteiger partial charge in [0.15, 0.2) is 0 Å². The molecule has 25 heavy (non-hydrogen) atoms. The van der Waals surface area contributed by atoms with Crippen molar-refractivity contribution in [1.82, 2.24) is 9.40 Å². The molecule has 1 heterocycles. The van der Waals surface area contributed by atoms with Crippen LogP contribution >= 0.6 is 0 Å². The third-order valence-electron chi connectivity index (χ3n) is 3.67. The molecule has 0 amide bonds. The second-order valence-corrected chi connectivity index (χ2v) is 7.04. The first kappa shape index (κ1) is 18.2. The standard InChI is InChI=1S/C16H16N4O4S/c1-10-4-6-12(7-5-10)25(23,24)19-18-9-14-11(2)13(8-17)15(21)20(3)16(14)22/h4-7,9,19,22H,1-3H3/b18-9+. The number of aromatic nitrogens is 1. The summed E-state index contributed by atoms with van der Waals surface area (Å²) in [6.45, 7) is 3.30. The van der Waals surface area contributed by atoms with Crippen molar-refractivity contribution < 1.29 is 13.5 Å². The van der Waals surface area contributed by atoms with Crippen molar-refractivity contribution in [3.63, 3.8) is 0 Å². The van der Waals surface area contributed by atoms with E-state index in [2.05, 4.69) is 5.10 Å². The summed E-state index contributed by atoms with van der Waals surface area (Å²) in [5.74, 6) is -0.417. The zero-order valence-electron chi connectivity index (χ0n) is 13.8. The quantitative estimate of drug-likeness (QED) is 0.619. The largest absolute Gasteiger partial charge is 0.494 e. The highest BCUT2D eigenvalue weighted by atomic mass is 32.2. The van der Waals surface area contributed by atoms with Crippen LogP contribution in [0.15, 0.2) is 39.1 Å². The number of rotatable bonds is 4. The second kappa shape index (κ2) is 6.78. The predicted molar refractivity (Wildman–Crippen MR) is 91.9 cm³/mol. The monoisotopic (exact) mass is 360 g/mol. The summed E-state index contributed by atoms with van der Waals surface area (Å²) in [6.07, 6.45) is 1.05. The molecule has 0 radical (unpaired) electrons. The van der Waals surface area contributed by atoms with Gasteiger partial charge in [0.05, 0.1) is 16.7 Å². The first-order valence-electron chi connectivity index (χ1n) is 7.13. The van der Waals surface area contributed by atoms with Crippen LogP contribution in [0, 0.1) is 25.2 Å².